The van der Waals surface area contributed by atoms with Crippen LogP contribution in [-0.2, 0) is 14.4 Å². The zero-order chi connectivity index (χ0) is 21.3. The van der Waals surface area contributed by atoms with Crippen molar-refractivity contribution in [1.82, 2.24) is 9.97 Å². The van der Waals surface area contributed by atoms with Gasteiger partial charge in [0.05, 0.1) is 18.1 Å². The number of aromatic nitrogens is 2. The minimum atomic E-state index is -0.960. The van der Waals surface area contributed by atoms with Crippen molar-refractivity contribution in [3.8, 4) is 11.3 Å². The summed E-state index contributed by atoms with van der Waals surface area (Å²) < 4.78 is 0. The highest BCUT2D eigenvalue weighted by Gasteiger charge is 2.40. The van der Waals surface area contributed by atoms with Gasteiger partial charge in [0.15, 0.2) is 17.1 Å². The minimum absolute atomic E-state index is 0.165. The zero-order valence-electron chi connectivity index (χ0n) is 16.9. The van der Waals surface area contributed by atoms with Crippen LogP contribution in [0.1, 0.15) is 31.4 Å². The topological polar surface area (TPSA) is 106 Å². The summed E-state index contributed by atoms with van der Waals surface area (Å²) >= 11 is 0. The molecule has 1 atom stereocenters. The van der Waals surface area contributed by atoms with E-state index in [0.29, 0.717) is 29.2 Å². The number of benzene rings is 1. The molecule has 0 saturated heterocycles. The molecule has 30 heavy (non-hydrogen) atoms. The predicted molar refractivity (Wildman–Crippen MR) is 114 cm³/mol. The second kappa shape index (κ2) is 7.62. The highest BCUT2D eigenvalue weighted by molar-refractivity contribution is 6.49. The predicted octanol–water partition coefficient (Wildman–Crippen LogP) is 2.87. The van der Waals surface area contributed by atoms with E-state index in [1.165, 1.54) is 6.20 Å². The highest BCUT2D eigenvalue weighted by Crippen LogP contribution is 2.27. The Bertz CT molecular complexity index is 1100. The number of carbonyl (C=O) groups is 2. The van der Waals surface area contributed by atoms with E-state index in [-0.39, 0.29) is 11.7 Å². The van der Waals surface area contributed by atoms with E-state index in [1.54, 1.807) is 26.3 Å². The zero-order valence-corrected chi connectivity index (χ0v) is 16.9. The largest absolute Gasteiger partial charge is 0.381 e. The lowest BCUT2D eigenvalue weighted by molar-refractivity contribution is -0.128. The molecule has 2 aliphatic heterocycles. The molecule has 0 aliphatic carbocycles. The van der Waals surface area contributed by atoms with Gasteiger partial charge in [0, 0.05) is 17.3 Å². The monoisotopic (exact) mass is 403 g/mol. The first-order valence-corrected chi connectivity index (χ1v) is 9.59. The molecule has 1 unspecified atom stereocenters. The first-order chi connectivity index (χ1) is 14.3. The van der Waals surface area contributed by atoms with Crippen molar-refractivity contribution in [3.63, 3.8) is 0 Å². The third-order valence-corrected chi connectivity index (χ3v) is 4.97. The summed E-state index contributed by atoms with van der Waals surface area (Å²) in [6, 6.07) is 5.13. The Kier molecular flexibility index (Phi) is 4.99. The van der Waals surface area contributed by atoms with Gasteiger partial charge in [0.2, 0.25) is 5.78 Å². The number of ketones is 1. The Morgan fingerprint density at radius 1 is 1.23 bits per heavy atom. The van der Waals surface area contributed by atoms with Gasteiger partial charge < -0.3 is 10.2 Å². The average molecular weight is 403 g/mol. The summed E-state index contributed by atoms with van der Waals surface area (Å²) in [4.78, 5) is 42.9. The summed E-state index contributed by atoms with van der Waals surface area (Å²) in [5, 5.41) is 6.70. The molecule has 0 saturated carbocycles. The Morgan fingerprint density at radius 2 is 2.07 bits per heavy atom. The molecule has 0 radical (unpaired) electrons. The fourth-order valence-corrected chi connectivity index (χ4v) is 3.16. The second-order valence-corrected chi connectivity index (χ2v) is 7.65. The number of aliphatic imine (C=N–C) groups is 1. The molecule has 1 aromatic heterocycles. The number of hydrogen-bond acceptors (Lipinski definition) is 7. The maximum atomic E-state index is 12.5. The maximum absolute atomic E-state index is 12.5. The van der Waals surface area contributed by atoms with Crippen molar-refractivity contribution in [2.75, 3.05) is 5.32 Å². The van der Waals surface area contributed by atoms with Crippen molar-refractivity contribution in [3.05, 3.63) is 53.9 Å². The van der Waals surface area contributed by atoms with E-state index in [0.717, 1.165) is 11.1 Å². The summed E-state index contributed by atoms with van der Waals surface area (Å²) in [5.41, 5.74) is 2.41. The Labute approximate surface area is 173 Å². The Balaban J connectivity index is 1.54. The van der Waals surface area contributed by atoms with Crippen molar-refractivity contribution in [2.45, 2.75) is 38.8 Å². The van der Waals surface area contributed by atoms with Crippen LogP contribution in [-0.4, -0.2) is 45.2 Å². The van der Waals surface area contributed by atoms with E-state index in [2.05, 4.69) is 25.4 Å². The van der Waals surface area contributed by atoms with Crippen LogP contribution in [0.15, 0.2) is 52.9 Å². The van der Waals surface area contributed by atoms with Gasteiger partial charge in [-0.15, -0.1) is 0 Å². The lowest BCUT2D eigenvalue weighted by Gasteiger charge is -2.13. The molecular weight excluding hydrogens is 382 g/mol. The van der Waals surface area contributed by atoms with Crippen LogP contribution in [0.25, 0.3) is 11.3 Å². The van der Waals surface area contributed by atoms with Crippen molar-refractivity contribution in [1.29, 1.82) is 0 Å². The maximum Gasteiger partial charge on any atom is 0.250 e. The quantitative estimate of drug-likeness (QED) is 0.845. The molecule has 0 bridgehead atoms. The summed E-state index contributed by atoms with van der Waals surface area (Å²) in [5.74, 6) is -0.0364. The van der Waals surface area contributed by atoms with Crippen LogP contribution in [0, 0.1) is 6.92 Å². The third kappa shape index (κ3) is 3.76. The number of carbonyl (C=O) groups excluding carboxylic acids is 2. The van der Waals surface area contributed by atoms with E-state index < -0.39 is 11.6 Å². The van der Waals surface area contributed by atoms with Gasteiger partial charge in [-0.1, -0.05) is 23.4 Å². The van der Waals surface area contributed by atoms with Crippen molar-refractivity contribution < 1.29 is 14.4 Å². The summed E-state index contributed by atoms with van der Waals surface area (Å²) in [6.07, 6.45) is 8.98. The first kappa shape index (κ1) is 19.6. The third-order valence-electron chi connectivity index (χ3n) is 4.97. The van der Waals surface area contributed by atoms with Crippen molar-refractivity contribution >= 4 is 29.4 Å². The summed E-state index contributed by atoms with van der Waals surface area (Å²) in [6.45, 7) is 5.33. The number of oxime groups is 1. The van der Waals surface area contributed by atoms with Gasteiger partial charge in [-0.3, -0.25) is 19.6 Å². The molecule has 0 fully saturated rings. The molecule has 3 heterocycles. The van der Waals surface area contributed by atoms with E-state index in [1.807, 2.05) is 37.3 Å². The van der Waals surface area contributed by atoms with Crippen LogP contribution < -0.4 is 5.32 Å². The fourth-order valence-electron chi connectivity index (χ4n) is 3.16. The van der Waals surface area contributed by atoms with Gasteiger partial charge in [-0.05, 0) is 44.9 Å². The normalized spacial score (nSPS) is 19.4. The number of aryl methyl sites for hydroxylation is 1. The Hall–Kier alpha value is -3.68. The minimum Gasteiger partial charge on any atom is -0.381 e. The number of rotatable bonds is 4. The van der Waals surface area contributed by atoms with Crippen LogP contribution in [0.5, 0.6) is 0 Å². The van der Waals surface area contributed by atoms with E-state index in [4.69, 9.17) is 4.84 Å². The van der Waals surface area contributed by atoms with Crippen LogP contribution in [0.3, 0.4) is 0 Å². The van der Waals surface area contributed by atoms with Crippen LogP contribution in [0.4, 0.5) is 5.82 Å². The molecule has 2 aliphatic rings. The number of nitrogens with one attached hydrogen (secondary N) is 1. The molecule has 4 rings (SSSR count). The highest BCUT2D eigenvalue weighted by atomic mass is 16.7. The van der Waals surface area contributed by atoms with Crippen molar-refractivity contribution in [2.24, 2.45) is 10.1 Å². The smallest absolute Gasteiger partial charge is 0.250 e. The molecule has 1 amide bonds. The molecular formula is C22H21N5O3. The van der Waals surface area contributed by atoms with Gasteiger partial charge in [0.25, 0.3) is 5.91 Å². The number of dihydropyridines is 1. The van der Waals surface area contributed by atoms with Gasteiger partial charge in [-0.2, -0.15) is 0 Å². The first-order valence-electron chi connectivity index (χ1n) is 9.59. The average Bonchev–Trinajstić information content (AvgIpc) is 3.02. The SMILES string of the molecule is Cc1ccc(C2=NOC(C)(C)C2=O)cc1-c1cnc(NC(=O)C2CC=CC=N2)cn1. The van der Waals surface area contributed by atoms with Gasteiger partial charge >= 0.3 is 0 Å². The molecule has 8 heteroatoms. The fraction of sp³-hybridized carbons (Fsp3) is 0.273. The molecule has 1 N–H and O–H groups in total. The Morgan fingerprint density at radius 3 is 2.70 bits per heavy atom. The standard InChI is InChI=1S/C22H21N5O3/c1-13-7-8-14(19-20(28)22(2,3)30-27-19)10-15(13)17-11-25-18(12-24-17)26-21(29)16-6-4-5-9-23-16/h4-5,7-12,16H,6H2,1-3H3,(H,25,26,29). The molecule has 1 aromatic carbocycles. The van der Waals surface area contributed by atoms with Crippen LogP contribution in [0.2, 0.25) is 0 Å². The molecule has 8 nitrogen and oxygen atoms in total. The second-order valence-electron chi connectivity index (χ2n) is 7.65. The molecule has 2 aromatic rings. The van der Waals surface area contributed by atoms with E-state index >= 15 is 0 Å². The van der Waals surface area contributed by atoms with Gasteiger partial charge in [0.1, 0.15) is 6.04 Å². The van der Waals surface area contributed by atoms with Gasteiger partial charge in [-0.25, -0.2) is 4.98 Å². The summed E-state index contributed by atoms with van der Waals surface area (Å²) in [7, 11) is 0. The van der Waals surface area contributed by atoms with Crippen LogP contribution >= 0.6 is 0 Å². The number of allylic oxidation sites excluding steroid dienone is 1. The molecule has 152 valence electrons. The number of hydrogen-bond donors (Lipinski definition) is 1. The number of nitrogens with zero attached hydrogens (tertiary/aromatic N) is 4. The lowest BCUT2D eigenvalue weighted by Crippen LogP contribution is -2.33. The van der Waals surface area contributed by atoms with E-state index in [9.17, 15) is 9.59 Å². The molecule has 0 spiro atoms. The lowest BCUT2D eigenvalue weighted by atomic mass is 9.93. The number of anilines is 1. The number of Topliss-reactive ketones (excluding diaryl/α,β-unsaturated/α-hetero) is 1. The number of amides is 1.